The van der Waals surface area contributed by atoms with Crippen LogP contribution in [0.4, 0.5) is 22.0 Å². The van der Waals surface area contributed by atoms with Gasteiger partial charge in [-0.2, -0.15) is 23.4 Å². The number of hydrogen-bond donors (Lipinski definition) is 2. The number of likely N-dealkylation sites (tertiary alicyclic amines) is 1. The normalized spacial score (nSPS) is 18.5. The second-order valence-corrected chi connectivity index (χ2v) is 11.4. The number of halogens is 5. The van der Waals surface area contributed by atoms with Crippen LogP contribution in [0, 0.1) is 0 Å². The summed E-state index contributed by atoms with van der Waals surface area (Å²) in [5.41, 5.74) is -0.775. The van der Waals surface area contributed by atoms with Gasteiger partial charge in [-0.15, -0.1) is 0 Å². The van der Waals surface area contributed by atoms with E-state index in [-0.39, 0.29) is 61.0 Å². The molecule has 2 fully saturated rings. The average Bonchev–Trinajstić information content (AvgIpc) is 3.73. The van der Waals surface area contributed by atoms with Crippen molar-refractivity contribution >= 4 is 11.7 Å². The minimum absolute atomic E-state index is 0.0527. The molecule has 1 saturated heterocycles. The molecule has 1 aromatic carbocycles. The van der Waals surface area contributed by atoms with E-state index >= 15 is 0 Å². The van der Waals surface area contributed by atoms with E-state index in [1.54, 1.807) is 4.90 Å². The van der Waals surface area contributed by atoms with Crippen LogP contribution in [0.1, 0.15) is 79.3 Å². The molecule has 3 heterocycles. The van der Waals surface area contributed by atoms with Crippen LogP contribution in [-0.4, -0.2) is 73.2 Å². The van der Waals surface area contributed by atoms with Gasteiger partial charge in [0.25, 0.3) is 11.8 Å². The standard InChI is InChI=1S/C29H34F5N7O2/c30-28(31)11-5-12-40(17-28)13-10-19(14-21(42)15-26-35-18-36-38-26)37-27(43)24-16-25(41(39-24)20-6-1-2-7-20)22-8-3-4-9-23(22)29(32,33)34/h3-4,8-9,16,18-20H,1-2,5-7,10-15,17H2,(H,37,43)(H,35,36,38)/t19-/m0/s1. The molecule has 1 amide bonds. The lowest BCUT2D eigenvalue weighted by atomic mass is 10.0. The van der Waals surface area contributed by atoms with Crippen molar-refractivity contribution in [3.63, 3.8) is 0 Å². The zero-order chi connectivity index (χ0) is 30.6. The molecule has 3 aromatic rings. The fraction of sp³-hybridized carbons (Fsp3) is 0.552. The summed E-state index contributed by atoms with van der Waals surface area (Å²) in [6, 6.07) is 5.68. The number of nitrogens with zero attached hydrogens (tertiary/aromatic N) is 5. The summed E-state index contributed by atoms with van der Waals surface area (Å²) in [7, 11) is 0. The van der Waals surface area contributed by atoms with Gasteiger partial charge in [0.1, 0.15) is 17.9 Å². The summed E-state index contributed by atoms with van der Waals surface area (Å²) in [4.78, 5) is 31.9. The molecule has 1 aliphatic heterocycles. The molecule has 2 aliphatic rings. The largest absolute Gasteiger partial charge is 0.417 e. The lowest BCUT2D eigenvalue weighted by Gasteiger charge is -2.33. The number of alkyl halides is 5. The van der Waals surface area contributed by atoms with Gasteiger partial charge in [0.05, 0.1) is 30.3 Å². The van der Waals surface area contributed by atoms with E-state index in [9.17, 15) is 31.5 Å². The third kappa shape index (κ3) is 7.84. The van der Waals surface area contributed by atoms with Crippen LogP contribution in [0.5, 0.6) is 0 Å². The summed E-state index contributed by atoms with van der Waals surface area (Å²) in [6.45, 7) is 0.320. The Kier molecular flexibility index (Phi) is 9.23. The number of amides is 1. The molecule has 0 unspecified atom stereocenters. The molecular weight excluding hydrogens is 573 g/mol. The van der Waals surface area contributed by atoms with Crippen molar-refractivity contribution in [2.45, 2.75) is 82.0 Å². The number of rotatable bonds is 11. The van der Waals surface area contributed by atoms with Crippen LogP contribution < -0.4 is 5.32 Å². The van der Waals surface area contributed by atoms with Crippen molar-refractivity contribution in [1.82, 2.24) is 35.2 Å². The van der Waals surface area contributed by atoms with Gasteiger partial charge in [-0.1, -0.05) is 31.0 Å². The Morgan fingerprint density at radius 1 is 1.14 bits per heavy atom. The van der Waals surface area contributed by atoms with Crippen molar-refractivity contribution in [1.29, 1.82) is 0 Å². The minimum atomic E-state index is -4.61. The van der Waals surface area contributed by atoms with Crippen molar-refractivity contribution < 1.29 is 31.5 Å². The summed E-state index contributed by atoms with van der Waals surface area (Å²) >= 11 is 0. The topological polar surface area (TPSA) is 109 Å². The van der Waals surface area contributed by atoms with Crippen LogP contribution in [0.2, 0.25) is 0 Å². The Morgan fingerprint density at radius 2 is 1.91 bits per heavy atom. The van der Waals surface area contributed by atoms with E-state index < -0.39 is 36.2 Å². The van der Waals surface area contributed by atoms with Crippen LogP contribution in [0.25, 0.3) is 11.3 Å². The van der Waals surface area contributed by atoms with Gasteiger partial charge in [0.15, 0.2) is 5.69 Å². The fourth-order valence-corrected chi connectivity index (χ4v) is 6.00. The second kappa shape index (κ2) is 12.9. The van der Waals surface area contributed by atoms with Gasteiger partial charge < -0.3 is 5.32 Å². The number of aromatic amines is 1. The fourth-order valence-electron chi connectivity index (χ4n) is 6.00. The van der Waals surface area contributed by atoms with Gasteiger partial charge in [0, 0.05) is 31.0 Å². The average molecular weight is 608 g/mol. The number of hydrogen-bond acceptors (Lipinski definition) is 6. The summed E-state index contributed by atoms with van der Waals surface area (Å²) < 4.78 is 71.2. The molecule has 2 aromatic heterocycles. The quantitative estimate of drug-likeness (QED) is 0.289. The van der Waals surface area contributed by atoms with E-state index in [1.165, 1.54) is 35.3 Å². The predicted octanol–water partition coefficient (Wildman–Crippen LogP) is 5.22. The molecule has 14 heteroatoms. The Hall–Kier alpha value is -3.68. The van der Waals surface area contributed by atoms with Crippen molar-refractivity contribution in [2.75, 3.05) is 19.6 Å². The number of aromatic nitrogens is 5. The number of piperidine rings is 1. The van der Waals surface area contributed by atoms with Crippen LogP contribution in [0.15, 0.2) is 36.7 Å². The highest BCUT2D eigenvalue weighted by atomic mass is 19.4. The monoisotopic (exact) mass is 607 g/mol. The maximum Gasteiger partial charge on any atom is 0.417 e. The molecule has 0 bridgehead atoms. The van der Waals surface area contributed by atoms with E-state index in [0.29, 0.717) is 18.8 Å². The van der Waals surface area contributed by atoms with Crippen LogP contribution >= 0.6 is 0 Å². The molecule has 1 atom stereocenters. The first-order valence-corrected chi connectivity index (χ1v) is 14.5. The number of carbonyl (C=O) groups excluding carboxylic acids is 2. The number of carbonyl (C=O) groups is 2. The Morgan fingerprint density at radius 3 is 2.60 bits per heavy atom. The molecule has 43 heavy (non-hydrogen) atoms. The lowest BCUT2D eigenvalue weighted by molar-refractivity contribution is -0.137. The van der Waals surface area contributed by atoms with Crippen LogP contribution in [0.3, 0.4) is 0 Å². The van der Waals surface area contributed by atoms with Gasteiger partial charge in [-0.3, -0.25) is 24.3 Å². The SMILES string of the molecule is O=C(Cc1ncn[nH]1)C[C@H](CCN1CCCC(F)(F)C1)NC(=O)c1cc(-c2ccccc2C(F)(F)F)n(C2CCCC2)n1. The number of nitrogens with one attached hydrogen (secondary N) is 2. The second-order valence-electron chi connectivity index (χ2n) is 11.4. The maximum atomic E-state index is 14.0. The van der Waals surface area contributed by atoms with Crippen molar-refractivity contribution in [2.24, 2.45) is 0 Å². The molecule has 2 N–H and O–H groups in total. The Bertz CT molecular complexity index is 1400. The molecular formula is C29H34F5N7O2. The maximum absolute atomic E-state index is 14.0. The van der Waals surface area contributed by atoms with Gasteiger partial charge in [0.2, 0.25) is 0 Å². The zero-order valence-corrected chi connectivity index (χ0v) is 23.5. The highest BCUT2D eigenvalue weighted by Gasteiger charge is 2.37. The summed E-state index contributed by atoms with van der Waals surface area (Å²) in [5, 5.41) is 13.6. The highest BCUT2D eigenvalue weighted by Crippen LogP contribution is 2.40. The molecule has 0 spiro atoms. The number of Topliss-reactive ketones (excluding diaryl/α,β-unsaturated/α-hetero) is 1. The highest BCUT2D eigenvalue weighted by molar-refractivity contribution is 5.94. The van der Waals surface area contributed by atoms with Gasteiger partial charge in [-0.25, -0.2) is 13.8 Å². The van der Waals surface area contributed by atoms with E-state index in [0.717, 1.165) is 31.7 Å². The Labute approximate surface area is 245 Å². The molecule has 232 valence electrons. The zero-order valence-electron chi connectivity index (χ0n) is 23.5. The summed E-state index contributed by atoms with van der Waals surface area (Å²) in [6.07, 6.45) is 0.153. The van der Waals surface area contributed by atoms with Crippen molar-refractivity contribution in [3.05, 3.63) is 53.7 Å². The molecule has 1 saturated carbocycles. The van der Waals surface area contributed by atoms with E-state index in [2.05, 4.69) is 25.6 Å². The van der Waals surface area contributed by atoms with E-state index in [4.69, 9.17) is 0 Å². The third-order valence-corrected chi connectivity index (χ3v) is 8.05. The third-order valence-electron chi connectivity index (χ3n) is 8.05. The Balaban J connectivity index is 1.38. The first kappa shape index (κ1) is 30.8. The van der Waals surface area contributed by atoms with E-state index in [1.807, 2.05) is 0 Å². The molecule has 1 aliphatic carbocycles. The molecule has 0 radical (unpaired) electrons. The number of ketones is 1. The first-order valence-electron chi connectivity index (χ1n) is 14.5. The van der Waals surface area contributed by atoms with Gasteiger partial charge >= 0.3 is 6.18 Å². The summed E-state index contributed by atoms with van der Waals surface area (Å²) in [5.74, 6) is -3.34. The predicted molar refractivity (Wildman–Crippen MR) is 146 cm³/mol. The minimum Gasteiger partial charge on any atom is -0.347 e. The lowest BCUT2D eigenvalue weighted by Crippen LogP contribution is -2.45. The van der Waals surface area contributed by atoms with Gasteiger partial charge in [-0.05, 0) is 44.4 Å². The smallest absolute Gasteiger partial charge is 0.347 e. The van der Waals surface area contributed by atoms with Crippen molar-refractivity contribution in [3.8, 4) is 11.3 Å². The number of benzene rings is 1. The molecule has 9 nitrogen and oxygen atoms in total. The first-order chi connectivity index (χ1) is 20.5. The number of H-pyrrole nitrogens is 1. The molecule has 5 rings (SSSR count). The van der Waals surface area contributed by atoms with Crippen LogP contribution in [-0.2, 0) is 17.4 Å².